The molecule has 0 N–H and O–H groups in total. The van der Waals surface area contributed by atoms with Crippen LogP contribution in [0.4, 0.5) is 0 Å². The fourth-order valence-corrected chi connectivity index (χ4v) is 8.28. The molecule has 0 bridgehead atoms. The van der Waals surface area contributed by atoms with Crippen LogP contribution in [0.5, 0.6) is 0 Å². The van der Waals surface area contributed by atoms with Crippen molar-refractivity contribution in [2.24, 2.45) is 46.3 Å². The van der Waals surface area contributed by atoms with E-state index in [1.165, 1.54) is 64.2 Å². The van der Waals surface area contributed by atoms with E-state index in [9.17, 15) is 5.26 Å². The zero-order chi connectivity index (χ0) is 16.2. The van der Waals surface area contributed by atoms with E-state index in [2.05, 4.69) is 26.8 Å². The average molecular weight is 314 g/mol. The highest BCUT2D eigenvalue weighted by Gasteiger charge is 2.60. The van der Waals surface area contributed by atoms with Gasteiger partial charge < -0.3 is 0 Å². The van der Waals surface area contributed by atoms with Gasteiger partial charge in [-0.3, -0.25) is 0 Å². The fraction of sp³-hybridized carbons (Fsp3) is 0.955. The molecule has 0 amide bonds. The summed E-state index contributed by atoms with van der Waals surface area (Å²) in [6.45, 7) is 7.57. The zero-order valence-corrected chi connectivity index (χ0v) is 15.5. The Morgan fingerprint density at radius 3 is 2.35 bits per heavy atom. The van der Waals surface area contributed by atoms with Crippen molar-refractivity contribution in [2.45, 2.75) is 85.0 Å². The van der Waals surface area contributed by atoms with Gasteiger partial charge in [-0.25, -0.2) is 0 Å². The molecule has 8 atom stereocenters. The minimum atomic E-state index is 0.341. The van der Waals surface area contributed by atoms with E-state index in [0.717, 1.165) is 29.6 Å². The van der Waals surface area contributed by atoms with Crippen LogP contribution in [0.25, 0.3) is 0 Å². The molecule has 4 aliphatic rings. The van der Waals surface area contributed by atoms with E-state index >= 15 is 0 Å². The summed E-state index contributed by atoms with van der Waals surface area (Å²) in [5.41, 5.74) is 0.964. The first-order valence-electron chi connectivity index (χ1n) is 10.4. The van der Waals surface area contributed by atoms with E-state index in [-0.39, 0.29) is 0 Å². The summed E-state index contributed by atoms with van der Waals surface area (Å²) in [7, 11) is 0. The molecule has 1 nitrogen and oxygen atoms in total. The molecule has 4 aliphatic carbocycles. The van der Waals surface area contributed by atoms with E-state index < -0.39 is 0 Å². The first kappa shape index (κ1) is 16.0. The summed E-state index contributed by atoms with van der Waals surface area (Å²) in [6.07, 6.45) is 14.1. The van der Waals surface area contributed by atoms with Gasteiger partial charge >= 0.3 is 0 Å². The Morgan fingerprint density at radius 2 is 1.61 bits per heavy atom. The van der Waals surface area contributed by atoms with Crippen LogP contribution in [-0.2, 0) is 0 Å². The van der Waals surface area contributed by atoms with Crippen molar-refractivity contribution < 1.29 is 0 Å². The zero-order valence-electron chi connectivity index (χ0n) is 15.5. The monoisotopic (exact) mass is 313 g/mol. The van der Waals surface area contributed by atoms with Gasteiger partial charge in [-0.15, -0.1) is 0 Å². The topological polar surface area (TPSA) is 23.8 Å². The molecule has 0 aromatic rings. The van der Waals surface area contributed by atoms with Crippen LogP contribution < -0.4 is 0 Å². The molecule has 0 heterocycles. The molecule has 0 spiro atoms. The van der Waals surface area contributed by atoms with Crippen molar-refractivity contribution in [1.82, 2.24) is 0 Å². The van der Waals surface area contributed by atoms with E-state index in [1.807, 2.05) is 0 Å². The van der Waals surface area contributed by atoms with Crippen molar-refractivity contribution in [3.63, 3.8) is 0 Å². The first-order chi connectivity index (χ1) is 11.0. The third-order valence-corrected chi connectivity index (χ3v) is 9.48. The van der Waals surface area contributed by atoms with Gasteiger partial charge in [0.15, 0.2) is 0 Å². The lowest BCUT2D eigenvalue weighted by atomic mass is 9.43. The van der Waals surface area contributed by atoms with Crippen LogP contribution in [0.1, 0.15) is 85.0 Å². The molecule has 1 heteroatoms. The van der Waals surface area contributed by atoms with Crippen LogP contribution in [0.2, 0.25) is 0 Å². The van der Waals surface area contributed by atoms with E-state index in [1.54, 1.807) is 0 Å². The number of rotatable bonds is 1. The van der Waals surface area contributed by atoms with Gasteiger partial charge in [0.2, 0.25) is 0 Å². The quantitative estimate of drug-likeness (QED) is 0.565. The number of fused-ring (bicyclic) bond motifs is 5. The third kappa shape index (κ3) is 2.09. The second kappa shape index (κ2) is 5.50. The van der Waals surface area contributed by atoms with Crippen molar-refractivity contribution >= 4 is 0 Å². The van der Waals surface area contributed by atoms with Crippen LogP contribution in [0, 0.1) is 57.7 Å². The van der Waals surface area contributed by atoms with Crippen molar-refractivity contribution in [3.05, 3.63) is 0 Å². The summed E-state index contributed by atoms with van der Waals surface area (Å²) in [5, 5.41) is 9.62. The molecular formula is C22H35N. The van der Waals surface area contributed by atoms with E-state index in [4.69, 9.17) is 0 Å². The Balaban J connectivity index is 1.63. The van der Waals surface area contributed by atoms with Gasteiger partial charge in [-0.05, 0) is 85.4 Å². The van der Waals surface area contributed by atoms with Gasteiger partial charge in [0.05, 0.1) is 12.0 Å². The lowest BCUT2D eigenvalue weighted by molar-refractivity contribution is -0.124. The van der Waals surface area contributed by atoms with Gasteiger partial charge in [0.25, 0.3) is 0 Å². The summed E-state index contributed by atoms with van der Waals surface area (Å²) in [5.74, 6) is 5.09. The largest absolute Gasteiger partial charge is 0.198 e. The molecule has 23 heavy (non-hydrogen) atoms. The summed E-state index contributed by atoms with van der Waals surface area (Å²) >= 11 is 0. The second-order valence-electron chi connectivity index (χ2n) is 9.93. The van der Waals surface area contributed by atoms with Gasteiger partial charge in [-0.2, -0.15) is 5.26 Å². The molecule has 4 fully saturated rings. The number of hydrogen-bond acceptors (Lipinski definition) is 1. The molecule has 0 saturated heterocycles. The summed E-state index contributed by atoms with van der Waals surface area (Å²) in [6, 6.07) is 2.68. The molecule has 0 radical (unpaired) electrons. The standard InChI is InChI=1S/C22H35N/c1-4-15-6-5-12-22(3)18(15)10-8-17-19-9-7-16(14-23)21(19,2)13-11-20(17)22/h15-20H,4-13H2,1-3H3. The van der Waals surface area contributed by atoms with Crippen molar-refractivity contribution in [3.8, 4) is 6.07 Å². The molecule has 4 rings (SSSR count). The average Bonchev–Trinajstić information content (AvgIpc) is 2.90. The van der Waals surface area contributed by atoms with Crippen LogP contribution >= 0.6 is 0 Å². The smallest absolute Gasteiger partial charge is 0.0661 e. The Labute approximate surface area is 143 Å². The maximum Gasteiger partial charge on any atom is 0.0661 e. The van der Waals surface area contributed by atoms with Crippen LogP contribution in [0.15, 0.2) is 0 Å². The first-order valence-corrected chi connectivity index (χ1v) is 10.4. The second-order valence-corrected chi connectivity index (χ2v) is 9.93. The highest BCUT2D eigenvalue weighted by Crippen LogP contribution is 2.68. The van der Waals surface area contributed by atoms with E-state index in [0.29, 0.717) is 16.7 Å². The lowest BCUT2D eigenvalue weighted by Crippen LogP contribution is -2.54. The Hall–Kier alpha value is -0.510. The molecule has 0 aliphatic heterocycles. The fourth-order valence-electron chi connectivity index (χ4n) is 8.28. The number of nitriles is 1. The lowest BCUT2D eigenvalue weighted by Gasteiger charge is -2.61. The molecule has 0 aromatic carbocycles. The molecular weight excluding hydrogens is 278 g/mol. The maximum absolute atomic E-state index is 9.62. The molecule has 4 saturated carbocycles. The summed E-state index contributed by atoms with van der Waals surface area (Å²) in [4.78, 5) is 0. The minimum Gasteiger partial charge on any atom is -0.198 e. The third-order valence-electron chi connectivity index (χ3n) is 9.48. The molecule has 0 aromatic heterocycles. The maximum atomic E-state index is 9.62. The Bertz CT molecular complexity index is 505. The van der Waals surface area contributed by atoms with Gasteiger partial charge in [0.1, 0.15) is 0 Å². The Morgan fingerprint density at radius 1 is 0.870 bits per heavy atom. The minimum absolute atomic E-state index is 0.341. The van der Waals surface area contributed by atoms with Crippen LogP contribution in [0.3, 0.4) is 0 Å². The molecule has 128 valence electrons. The number of hydrogen-bond donors (Lipinski definition) is 0. The van der Waals surface area contributed by atoms with Crippen LogP contribution in [-0.4, -0.2) is 0 Å². The highest BCUT2D eigenvalue weighted by atomic mass is 14.6. The Kier molecular flexibility index (Phi) is 3.82. The van der Waals surface area contributed by atoms with Crippen molar-refractivity contribution in [2.75, 3.05) is 0 Å². The van der Waals surface area contributed by atoms with Gasteiger partial charge in [-0.1, -0.05) is 40.0 Å². The SMILES string of the molecule is CCC1CCCC2(C)C1CCC1C3CCC(C#N)C3(C)CCC12. The highest BCUT2D eigenvalue weighted by molar-refractivity contribution is 5.12. The summed E-state index contributed by atoms with van der Waals surface area (Å²) < 4.78 is 0. The normalized spacial score (nSPS) is 55.4. The van der Waals surface area contributed by atoms with Gasteiger partial charge in [0, 0.05) is 0 Å². The van der Waals surface area contributed by atoms with Crippen molar-refractivity contribution in [1.29, 1.82) is 5.26 Å². The number of nitrogens with zero attached hydrogens (tertiary/aromatic N) is 1. The predicted molar refractivity (Wildman–Crippen MR) is 94.6 cm³/mol. The molecule has 8 unspecified atom stereocenters. The predicted octanol–water partition coefficient (Wildman–Crippen LogP) is 6.20.